The molecule has 3 N–H and O–H groups in total. The van der Waals surface area contributed by atoms with Gasteiger partial charge in [-0.05, 0) is 42.5 Å². The van der Waals surface area contributed by atoms with Crippen molar-refractivity contribution in [1.82, 2.24) is 20.6 Å². The molecule has 0 unspecified atom stereocenters. The lowest BCUT2D eigenvalue weighted by molar-refractivity contribution is 0.0982. The molecule has 39 heavy (non-hydrogen) atoms. The third-order valence-corrected chi connectivity index (χ3v) is 6.37. The summed E-state index contributed by atoms with van der Waals surface area (Å²) in [5.41, 5.74) is 4.06. The Morgan fingerprint density at radius 1 is 0.949 bits per heavy atom. The van der Waals surface area contributed by atoms with Crippen LogP contribution in [0.5, 0.6) is 0 Å². The van der Waals surface area contributed by atoms with Gasteiger partial charge < -0.3 is 20.5 Å². The van der Waals surface area contributed by atoms with Crippen LogP contribution < -0.4 is 15.6 Å². The summed E-state index contributed by atoms with van der Waals surface area (Å²) in [5, 5.41) is 18.7. The number of hydrazine groups is 1. The average molecular weight is 531 g/mol. The number of para-hydroxylation sites is 1. The van der Waals surface area contributed by atoms with Crippen LogP contribution in [0.1, 0.15) is 28.9 Å². The molecule has 9 nitrogen and oxygen atoms in total. The molecular formula is C30H36N5O4. The molecule has 0 aliphatic carbocycles. The SMILES string of the molecule is O=C(CNCCOC(=O)N(c1ccccc1-c1ccccc1)N1CC[CH]CC1)c1ccc(CNCCO)cn1. The van der Waals surface area contributed by atoms with Crippen LogP contribution in [-0.2, 0) is 11.3 Å². The first-order chi connectivity index (χ1) is 19.2. The Morgan fingerprint density at radius 3 is 2.46 bits per heavy atom. The number of benzene rings is 2. The molecule has 0 bridgehead atoms. The van der Waals surface area contributed by atoms with E-state index < -0.39 is 6.09 Å². The summed E-state index contributed by atoms with van der Waals surface area (Å²) >= 11 is 0. The molecule has 2 aromatic carbocycles. The molecule has 2 heterocycles. The number of hydrogen-bond acceptors (Lipinski definition) is 8. The van der Waals surface area contributed by atoms with Crippen molar-refractivity contribution >= 4 is 17.6 Å². The van der Waals surface area contributed by atoms with Gasteiger partial charge in [0.05, 0.1) is 18.8 Å². The summed E-state index contributed by atoms with van der Waals surface area (Å²) in [7, 11) is 0. The van der Waals surface area contributed by atoms with Crippen LogP contribution in [0.25, 0.3) is 11.1 Å². The molecule has 0 spiro atoms. The van der Waals surface area contributed by atoms with E-state index in [4.69, 9.17) is 9.84 Å². The second-order valence-electron chi connectivity index (χ2n) is 9.18. The van der Waals surface area contributed by atoms with Crippen molar-refractivity contribution < 1.29 is 19.4 Å². The minimum absolute atomic E-state index is 0.0704. The van der Waals surface area contributed by atoms with Crippen LogP contribution in [0.4, 0.5) is 10.5 Å². The summed E-state index contributed by atoms with van der Waals surface area (Å²) in [6.45, 7) is 3.16. The number of ether oxygens (including phenoxy) is 1. The van der Waals surface area contributed by atoms with Crippen molar-refractivity contribution in [2.45, 2.75) is 19.4 Å². The van der Waals surface area contributed by atoms with Crippen LogP contribution in [0, 0.1) is 6.42 Å². The van der Waals surface area contributed by atoms with E-state index in [1.54, 1.807) is 17.3 Å². The van der Waals surface area contributed by atoms with Gasteiger partial charge in [0, 0.05) is 44.5 Å². The molecular weight excluding hydrogens is 494 g/mol. The third kappa shape index (κ3) is 8.18. The first-order valence-corrected chi connectivity index (χ1v) is 13.4. The lowest BCUT2D eigenvalue weighted by Crippen LogP contribution is -2.50. The third-order valence-electron chi connectivity index (χ3n) is 6.37. The predicted molar refractivity (Wildman–Crippen MR) is 151 cm³/mol. The second-order valence-corrected chi connectivity index (χ2v) is 9.18. The normalized spacial score (nSPS) is 13.7. The van der Waals surface area contributed by atoms with E-state index in [1.807, 2.05) is 65.7 Å². The van der Waals surface area contributed by atoms with Crippen molar-refractivity contribution in [2.75, 3.05) is 50.9 Å². The number of anilines is 1. The Kier molecular flexibility index (Phi) is 11.0. The van der Waals surface area contributed by atoms with Crippen molar-refractivity contribution in [3.05, 3.63) is 90.6 Å². The molecule has 1 amide bonds. The lowest BCUT2D eigenvalue weighted by atomic mass is 10.0. The molecule has 1 saturated heterocycles. The molecule has 0 saturated carbocycles. The van der Waals surface area contributed by atoms with Gasteiger partial charge in [-0.1, -0.05) is 54.6 Å². The monoisotopic (exact) mass is 530 g/mol. The Hall–Kier alpha value is -3.63. The molecule has 1 aromatic heterocycles. The number of nitrogens with zero attached hydrogens (tertiary/aromatic N) is 3. The maximum atomic E-state index is 13.4. The van der Waals surface area contributed by atoms with Gasteiger partial charge in [-0.15, -0.1) is 0 Å². The Labute approximate surface area is 229 Å². The van der Waals surface area contributed by atoms with Gasteiger partial charge in [-0.2, -0.15) is 0 Å². The number of hydrogen-bond donors (Lipinski definition) is 3. The number of piperidine rings is 1. The van der Waals surface area contributed by atoms with Crippen LogP contribution in [0.15, 0.2) is 72.9 Å². The number of aliphatic hydroxyl groups is 1. The summed E-state index contributed by atoms with van der Waals surface area (Å²) in [6, 6.07) is 21.4. The largest absolute Gasteiger partial charge is 0.447 e. The number of Topliss-reactive ketones (excluding diaryl/α,β-unsaturated/α-hetero) is 1. The fourth-order valence-corrected chi connectivity index (χ4v) is 4.39. The molecule has 1 aliphatic rings. The van der Waals surface area contributed by atoms with Gasteiger partial charge in [0.1, 0.15) is 12.3 Å². The highest BCUT2D eigenvalue weighted by Gasteiger charge is 2.28. The quantitative estimate of drug-likeness (QED) is 0.228. The predicted octanol–water partition coefficient (Wildman–Crippen LogP) is 3.46. The zero-order valence-corrected chi connectivity index (χ0v) is 22.1. The number of carbonyl (C=O) groups is 2. The van der Waals surface area contributed by atoms with Crippen molar-refractivity contribution in [1.29, 1.82) is 0 Å². The Bertz CT molecular complexity index is 1180. The molecule has 3 aromatic rings. The van der Waals surface area contributed by atoms with Crippen LogP contribution in [-0.4, -0.2) is 72.9 Å². The van der Waals surface area contributed by atoms with E-state index in [2.05, 4.69) is 22.0 Å². The van der Waals surface area contributed by atoms with E-state index in [9.17, 15) is 9.59 Å². The number of ketones is 1. The van der Waals surface area contributed by atoms with E-state index in [0.717, 1.165) is 48.3 Å². The second kappa shape index (κ2) is 15.1. The van der Waals surface area contributed by atoms with Gasteiger partial charge in [0.2, 0.25) is 0 Å². The van der Waals surface area contributed by atoms with Crippen LogP contribution in [0.3, 0.4) is 0 Å². The van der Waals surface area contributed by atoms with E-state index in [-0.39, 0.29) is 25.5 Å². The number of amides is 1. The number of carbonyl (C=O) groups excluding carboxylic acids is 2. The minimum atomic E-state index is -0.444. The van der Waals surface area contributed by atoms with Crippen molar-refractivity contribution in [3.8, 4) is 11.1 Å². The van der Waals surface area contributed by atoms with Crippen LogP contribution in [0.2, 0.25) is 0 Å². The first-order valence-electron chi connectivity index (χ1n) is 13.4. The zero-order chi connectivity index (χ0) is 27.3. The minimum Gasteiger partial charge on any atom is -0.447 e. The summed E-state index contributed by atoms with van der Waals surface area (Å²) in [5.74, 6) is -0.140. The maximum absolute atomic E-state index is 13.4. The smallest absolute Gasteiger partial charge is 0.429 e. The van der Waals surface area contributed by atoms with Gasteiger partial charge >= 0.3 is 6.09 Å². The molecule has 1 fully saturated rings. The van der Waals surface area contributed by atoms with Gasteiger partial charge in [0.25, 0.3) is 0 Å². The Balaban J connectivity index is 1.32. The fraction of sp³-hybridized carbons (Fsp3) is 0.333. The molecule has 9 heteroatoms. The topological polar surface area (TPSA) is 107 Å². The zero-order valence-electron chi connectivity index (χ0n) is 22.1. The van der Waals surface area contributed by atoms with Gasteiger partial charge in [-0.3, -0.25) is 9.78 Å². The number of aromatic nitrogens is 1. The standard InChI is InChI=1S/C30H36N5O4/c36-19-15-31-21-24-13-14-27(33-22-24)29(37)23-32-16-20-39-30(38)35(34-17-7-2-8-18-34)28-12-6-5-11-26(28)25-9-3-1-4-10-25/h1-6,9-14,22,31-32,36H,7-8,15-21,23H2. The molecule has 205 valence electrons. The van der Waals surface area contributed by atoms with Crippen molar-refractivity contribution in [2.24, 2.45) is 0 Å². The summed E-state index contributed by atoms with van der Waals surface area (Å²) in [6.07, 6.45) is 5.24. The van der Waals surface area contributed by atoms with E-state index in [0.29, 0.717) is 25.3 Å². The number of aliphatic hydroxyl groups excluding tert-OH is 1. The average Bonchev–Trinajstić information content (AvgIpc) is 2.99. The molecule has 1 aliphatic heterocycles. The maximum Gasteiger partial charge on any atom is 0.429 e. The Morgan fingerprint density at radius 2 is 1.72 bits per heavy atom. The summed E-state index contributed by atoms with van der Waals surface area (Å²) < 4.78 is 5.67. The number of rotatable bonds is 13. The molecule has 1 radical (unpaired) electrons. The summed E-state index contributed by atoms with van der Waals surface area (Å²) in [4.78, 5) is 30.1. The number of nitrogens with one attached hydrogen (secondary N) is 2. The number of pyridine rings is 1. The fourth-order valence-electron chi connectivity index (χ4n) is 4.39. The lowest BCUT2D eigenvalue weighted by Gasteiger charge is -2.37. The van der Waals surface area contributed by atoms with Gasteiger partial charge in [-0.25, -0.2) is 14.8 Å². The van der Waals surface area contributed by atoms with Crippen molar-refractivity contribution in [3.63, 3.8) is 0 Å². The first kappa shape index (κ1) is 28.4. The highest BCUT2D eigenvalue weighted by atomic mass is 16.6. The molecule has 4 rings (SSSR count). The molecule has 0 atom stereocenters. The van der Waals surface area contributed by atoms with E-state index in [1.165, 1.54) is 0 Å². The highest BCUT2D eigenvalue weighted by Crippen LogP contribution is 2.33. The van der Waals surface area contributed by atoms with E-state index >= 15 is 0 Å². The van der Waals surface area contributed by atoms with Crippen LogP contribution >= 0.6 is 0 Å². The highest BCUT2D eigenvalue weighted by molar-refractivity contribution is 5.96. The van der Waals surface area contributed by atoms with Gasteiger partial charge in [0.15, 0.2) is 5.78 Å².